The van der Waals surface area contributed by atoms with Crippen molar-refractivity contribution < 1.29 is 14.7 Å². The van der Waals surface area contributed by atoms with Crippen LogP contribution in [-0.4, -0.2) is 35.5 Å². The lowest BCUT2D eigenvalue weighted by molar-refractivity contribution is -0.149. The highest BCUT2D eigenvalue weighted by atomic mass is 16.4. The zero-order chi connectivity index (χ0) is 11.4. The molecule has 0 heterocycles. The van der Waals surface area contributed by atoms with E-state index in [1.807, 2.05) is 0 Å². The Morgan fingerprint density at radius 1 is 1.47 bits per heavy atom. The first-order valence-electron chi connectivity index (χ1n) is 5.50. The second-order valence-corrected chi connectivity index (χ2v) is 4.41. The van der Waals surface area contributed by atoms with Crippen molar-refractivity contribution in [3.8, 4) is 0 Å². The number of carbonyl (C=O) groups excluding carboxylic acids is 1. The molecule has 0 bridgehead atoms. The molecule has 86 valence electrons. The maximum Gasteiger partial charge on any atom is 0.315 e. The molecule has 1 atom stereocenters. The van der Waals surface area contributed by atoms with Crippen molar-refractivity contribution in [2.24, 2.45) is 11.8 Å². The second kappa shape index (κ2) is 5.14. The molecular formula is C11H19NO3. The number of carboxylic acid groups (broad SMARTS) is 1. The van der Waals surface area contributed by atoms with Gasteiger partial charge >= 0.3 is 5.97 Å². The van der Waals surface area contributed by atoms with Gasteiger partial charge in [0.2, 0.25) is 5.91 Å². The molecule has 0 saturated heterocycles. The Balaban J connectivity index is 2.28. The number of nitrogens with zero attached hydrogens (tertiary/aromatic N) is 1. The molecule has 0 radical (unpaired) electrons. The molecule has 1 aliphatic rings. The van der Waals surface area contributed by atoms with E-state index in [9.17, 15) is 9.59 Å². The van der Waals surface area contributed by atoms with Crippen molar-refractivity contribution in [3.63, 3.8) is 0 Å². The van der Waals surface area contributed by atoms with Crippen molar-refractivity contribution in [1.29, 1.82) is 0 Å². The van der Waals surface area contributed by atoms with Gasteiger partial charge in [-0.15, -0.1) is 0 Å². The standard InChI is InChI=1S/C11H19NO3/c1-8(11(14)15)10(13)12(2)7-6-9-4-3-5-9/h8-9H,3-7H2,1-2H3,(H,14,15). The summed E-state index contributed by atoms with van der Waals surface area (Å²) in [5.74, 6) is -1.51. The molecule has 0 aromatic carbocycles. The fraction of sp³-hybridized carbons (Fsp3) is 0.818. The quantitative estimate of drug-likeness (QED) is 0.701. The topological polar surface area (TPSA) is 57.6 Å². The Kier molecular flexibility index (Phi) is 4.12. The van der Waals surface area contributed by atoms with Crippen molar-refractivity contribution in [2.45, 2.75) is 32.6 Å². The fourth-order valence-corrected chi connectivity index (χ4v) is 1.70. The molecule has 0 aliphatic heterocycles. The number of rotatable bonds is 5. The van der Waals surface area contributed by atoms with Crippen LogP contribution in [0, 0.1) is 11.8 Å². The van der Waals surface area contributed by atoms with Gasteiger partial charge in [0.15, 0.2) is 0 Å². The van der Waals surface area contributed by atoms with Crippen LogP contribution in [0.3, 0.4) is 0 Å². The molecule has 1 rings (SSSR count). The van der Waals surface area contributed by atoms with E-state index in [1.165, 1.54) is 31.1 Å². The van der Waals surface area contributed by atoms with Crippen molar-refractivity contribution in [3.05, 3.63) is 0 Å². The minimum atomic E-state index is -1.05. The third-order valence-corrected chi connectivity index (χ3v) is 3.21. The molecule has 1 fully saturated rings. The maximum absolute atomic E-state index is 11.5. The zero-order valence-corrected chi connectivity index (χ0v) is 9.40. The van der Waals surface area contributed by atoms with E-state index in [2.05, 4.69) is 0 Å². The lowest BCUT2D eigenvalue weighted by atomic mass is 9.83. The Morgan fingerprint density at radius 2 is 2.07 bits per heavy atom. The number of amides is 1. The van der Waals surface area contributed by atoms with Crippen molar-refractivity contribution >= 4 is 11.9 Å². The van der Waals surface area contributed by atoms with E-state index in [4.69, 9.17) is 5.11 Å². The number of carbonyl (C=O) groups is 2. The van der Waals surface area contributed by atoms with Gasteiger partial charge < -0.3 is 10.0 Å². The van der Waals surface area contributed by atoms with Crippen LogP contribution >= 0.6 is 0 Å². The maximum atomic E-state index is 11.5. The summed E-state index contributed by atoms with van der Waals surface area (Å²) in [7, 11) is 1.68. The van der Waals surface area contributed by atoms with Gasteiger partial charge in [-0.25, -0.2) is 0 Å². The highest BCUT2D eigenvalue weighted by Crippen LogP contribution is 2.29. The molecule has 4 nitrogen and oxygen atoms in total. The van der Waals surface area contributed by atoms with Crippen LogP contribution in [0.5, 0.6) is 0 Å². The Bertz CT molecular complexity index is 248. The summed E-state index contributed by atoms with van der Waals surface area (Å²) < 4.78 is 0. The van der Waals surface area contributed by atoms with E-state index >= 15 is 0 Å². The van der Waals surface area contributed by atoms with Gasteiger partial charge in [0.05, 0.1) is 0 Å². The number of hydrogen-bond donors (Lipinski definition) is 1. The Hall–Kier alpha value is -1.06. The van der Waals surface area contributed by atoms with Gasteiger partial charge in [0.1, 0.15) is 5.92 Å². The molecule has 1 N–H and O–H groups in total. The zero-order valence-electron chi connectivity index (χ0n) is 9.40. The number of carboxylic acids is 1. The Morgan fingerprint density at radius 3 is 2.47 bits per heavy atom. The van der Waals surface area contributed by atoms with Crippen molar-refractivity contribution in [2.75, 3.05) is 13.6 Å². The third kappa shape index (κ3) is 3.22. The molecule has 0 spiro atoms. The largest absolute Gasteiger partial charge is 0.481 e. The molecule has 15 heavy (non-hydrogen) atoms. The van der Waals surface area contributed by atoms with E-state index in [0.29, 0.717) is 6.54 Å². The summed E-state index contributed by atoms with van der Waals surface area (Å²) in [5, 5.41) is 8.69. The first-order valence-corrected chi connectivity index (χ1v) is 5.50. The van der Waals surface area contributed by atoms with Crippen LogP contribution in [0.1, 0.15) is 32.6 Å². The van der Waals surface area contributed by atoms with E-state index in [1.54, 1.807) is 7.05 Å². The van der Waals surface area contributed by atoms with E-state index in [0.717, 1.165) is 12.3 Å². The minimum absolute atomic E-state index is 0.290. The lowest BCUT2D eigenvalue weighted by Crippen LogP contribution is -2.36. The summed E-state index contributed by atoms with van der Waals surface area (Å²) >= 11 is 0. The molecule has 1 saturated carbocycles. The van der Waals surface area contributed by atoms with Crippen LogP contribution < -0.4 is 0 Å². The highest BCUT2D eigenvalue weighted by Gasteiger charge is 2.25. The molecular weight excluding hydrogens is 194 g/mol. The van der Waals surface area contributed by atoms with E-state index < -0.39 is 11.9 Å². The van der Waals surface area contributed by atoms with Crippen LogP contribution in [-0.2, 0) is 9.59 Å². The summed E-state index contributed by atoms with van der Waals surface area (Å²) in [5.41, 5.74) is 0. The normalized spacial score (nSPS) is 18.0. The average molecular weight is 213 g/mol. The third-order valence-electron chi connectivity index (χ3n) is 3.21. The SMILES string of the molecule is CC(C(=O)O)C(=O)N(C)CCC1CCC1. The molecule has 1 aliphatic carbocycles. The summed E-state index contributed by atoms with van der Waals surface area (Å²) in [6.45, 7) is 2.12. The van der Waals surface area contributed by atoms with Gasteiger partial charge in [-0.05, 0) is 19.3 Å². The van der Waals surface area contributed by atoms with Gasteiger partial charge in [-0.1, -0.05) is 19.3 Å². The fourth-order valence-electron chi connectivity index (χ4n) is 1.70. The molecule has 1 unspecified atom stereocenters. The van der Waals surface area contributed by atoms with Crippen LogP contribution in [0.15, 0.2) is 0 Å². The molecule has 1 amide bonds. The predicted octanol–water partition coefficient (Wildman–Crippen LogP) is 1.36. The van der Waals surface area contributed by atoms with Crippen LogP contribution in [0.2, 0.25) is 0 Å². The van der Waals surface area contributed by atoms with Gasteiger partial charge in [0.25, 0.3) is 0 Å². The number of hydrogen-bond acceptors (Lipinski definition) is 2. The average Bonchev–Trinajstić information content (AvgIpc) is 2.12. The van der Waals surface area contributed by atoms with Crippen LogP contribution in [0.4, 0.5) is 0 Å². The first kappa shape index (κ1) is 12.0. The molecule has 4 heteroatoms. The summed E-state index contributed by atoms with van der Waals surface area (Å²) in [4.78, 5) is 23.7. The first-order chi connectivity index (χ1) is 7.02. The summed E-state index contributed by atoms with van der Waals surface area (Å²) in [6, 6.07) is 0. The highest BCUT2D eigenvalue weighted by molar-refractivity contribution is 5.96. The monoisotopic (exact) mass is 213 g/mol. The smallest absolute Gasteiger partial charge is 0.315 e. The van der Waals surface area contributed by atoms with Crippen molar-refractivity contribution in [1.82, 2.24) is 4.90 Å². The predicted molar refractivity (Wildman–Crippen MR) is 56.4 cm³/mol. The Labute approximate surface area is 90.3 Å². The summed E-state index contributed by atoms with van der Waals surface area (Å²) in [6.07, 6.45) is 4.83. The number of aliphatic carboxylic acids is 1. The van der Waals surface area contributed by atoms with Gasteiger partial charge in [-0.3, -0.25) is 9.59 Å². The minimum Gasteiger partial charge on any atom is -0.481 e. The van der Waals surface area contributed by atoms with Gasteiger partial charge in [-0.2, -0.15) is 0 Å². The lowest BCUT2D eigenvalue weighted by Gasteiger charge is -2.28. The molecule has 0 aromatic rings. The molecule has 0 aromatic heterocycles. The van der Waals surface area contributed by atoms with Gasteiger partial charge in [0, 0.05) is 13.6 Å². The van der Waals surface area contributed by atoms with E-state index in [-0.39, 0.29) is 5.91 Å². The second-order valence-electron chi connectivity index (χ2n) is 4.41. The van der Waals surface area contributed by atoms with Crippen LogP contribution in [0.25, 0.3) is 0 Å².